The van der Waals surface area contributed by atoms with E-state index in [0.29, 0.717) is 5.92 Å². The third kappa shape index (κ3) is 1.95. The van der Waals surface area contributed by atoms with Crippen LogP contribution in [0.1, 0.15) is 25.7 Å². The molecule has 0 radical (unpaired) electrons. The summed E-state index contributed by atoms with van der Waals surface area (Å²) in [6.07, 6.45) is 5.07. The summed E-state index contributed by atoms with van der Waals surface area (Å²) >= 11 is 0. The predicted octanol–water partition coefficient (Wildman–Crippen LogP) is 1.18. The molecule has 2 aliphatic heterocycles. The fraction of sp³-hybridized carbons (Fsp3) is 1.00. The van der Waals surface area contributed by atoms with Gasteiger partial charge in [0.15, 0.2) is 0 Å². The molecule has 0 saturated carbocycles. The fourth-order valence-electron chi connectivity index (χ4n) is 2.81. The third-order valence-corrected chi connectivity index (χ3v) is 3.64. The minimum absolute atomic E-state index is 0.212. The van der Waals surface area contributed by atoms with Crippen LogP contribution in [0.25, 0.3) is 0 Å². The van der Waals surface area contributed by atoms with Crippen LogP contribution in [0.4, 0.5) is 0 Å². The predicted molar refractivity (Wildman–Crippen MR) is 55.4 cm³/mol. The lowest BCUT2D eigenvalue weighted by atomic mass is 9.77. The first kappa shape index (κ1) is 10.4. The first-order chi connectivity index (χ1) is 6.87. The number of hydrogen-bond acceptors (Lipinski definition) is 3. The molecule has 0 aromatic heterocycles. The molecule has 0 bridgehead atoms. The zero-order valence-electron chi connectivity index (χ0n) is 9.05. The second-order valence-corrected chi connectivity index (χ2v) is 4.53. The summed E-state index contributed by atoms with van der Waals surface area (Å²) in [5.41, 5.74) is 0.212. The van der Waals surface area contributed by atoms with Crippen molar-refractivity contribution in [3.05, 3.63) is 0 Å². The van der Waals surface area contributed by atoms with Crippen LogP contribution in [0.5, 0.6) is 0 Å². The third-order valence-electron chi connectivity index (χ3n) is 3.64. The molecule has 0 aliphatic carbocycles. The first-order valence-corrected chi connectivity index (χ1v) is 5.69. The summed E-state index contributed by atoms with van der Waals surface area (Å²) in [5, 5.41) is 3.67. The van der Waals surface area contributed by atoms with Gasteiger partial charge in [0.2, 0.25) is 0 Å². The van der Waals surface area contributed by atoms with E-state index in [4.69, 9.17) is 9.47 Å². The Balaban J connectivity index is 2.02. The monoisotopic (exact) mass is 199 g/mol. The van der Waals surface area contributed by atoms with Gasteiger partial charge in [0.05, 0.1) is 13.2 Å². The van der Waals surface area contributed by atoms with Crippen molar-refractivity contribution in [2.45, 2.75) is 31.2 Å². The van der Waals surface area contributed by atoms with Gasteiger partial charge in [-0.15, -0.1) is 0 Å². The van der Waals surface area contributed by atoms with Crippen LogP contribution in [-0.4, -0.2) is 39.0 Å². The van der Waals surface area contributed by atoms with Crippen molar-refractivity contribution in [1.29, 1.82) is 0 Å². The largest absolute Gasteiger partial charge is 0.383 e. The number of nitrogens with one attached hydrogen (secondary N) is 1. The smallest absolute Gasteiger partial charge is 0.0648 e. The maximum atomic E-state index is 5.49. The molecule has 2 fully saturated rings. The number of rotatable bonds is 3. The van der Waals surface area contributed by atoms with Gasteiger partial charge in [-0.05, 0) is 25.8 Å². The average Bonchev–Trinajstić information content (AvgIpc) is 2.73. The molecular formula is C11H21NO2. The molecule has 3 nitrogen and oxygen atoms in total. The zero-order valence-corrected chi connectivity index (χ0v) is 9.05. The highest BCUT2D eigenvalue weighted by molar-refractivity contribution is 4.98. The molecule has 0 aromatic rings. The summed E-state index contributed by atoms with van der Waals surface area (Å²) in [4.78, 5) is 0. The van der Waals surface area contributed by atoms with E-state index in [1.54, 1.807) is 7.11 Å². The van der Waals surface area contributed by atoms with E-state index in [1.807, 2.05) is 0 Å². The molecule has 1 N–H and O–H groups in total. The summed E-state index contributed by atoms with van der Waals surface area (Å²) in [7, 11) is 1.80. The molecule has 14 heavy (non-hydrogen) atoms. The molecule has 2 unspecified atom stereocenters. The van der Waals surface area contributed by atoms with Gasteiger partial charge in [-0.1, -0.05) is 6.42 Å². The second kappa shape index (κ2) is 4.60. The SMILES string of the molecule is COCC1(C2CCOC2)CCCCN1. The van der Waals surface area contributed by atoms with Gasteiger partial charge in [-0.25, -0.2) is 0 Å². The fourth-order valence-corrected chi connectivity index (χ4v) is 2.81. The Bertz CT molecular complexity index is 167. The van der Waals surface area contributed by atoms with Crippen molar-refractivity contribution >= 4 is 0 Å². The van der Waals surface area contributed by atoms with Gasteiger partial charge in [0.1, 0.15) is 0 Å². The molecule has 0 aromatic carbocycles. The Hall–Kier alpha value is -0.120. The number of ether oxygens (including phenoxy) is 2. The van der Waals surface area contributed by atoms with Crippen LogP contribution in [0, 0.1) is 5.92 Å². The molecule has 82 valence electrons. The van der Waals surface area contributed by atoms with E-state index in [9.17, 15) is 0 Å². The van der Waals surface area contributed by atoms with E-state index in [1.165, 1.54) is 25.7 Å². The van der Waals surface area contributed by atoms with E-state index in [-0.39, 0.29) is 5.54 Å². The average molecular weight is 199 g/mol. The summed E-state index contributed by atoms with van der Waals surface area (Å²) < 4.78 is 10.9. The van der Waals surface area contributed by atoms with Gasteiger partial charge in [-0.2, -0.15) is 0 Å². The molecule has 2 atom stereocenters. The molecule has 0 spiro atoms. The standard InChI is InChI=1S/C11H21NO2/c1-13-9-11(5-2-3-6-12-11)10-4-7-14-8-10/h10,12H,2-9H2,1H3. The Morgan fingerprint density at radius 3 is 3.00 bits per heavy atom. The molecule has 0 amide bonds. The Morgan fingerprint density at radius 2 is 2.43 bits per heavy atom. The van der Waals surface area contributed by atoms with Crippen molar-refractivity contribution in [2.75, 3.05) is 33.5 Å². The van der Waals surface area contributed by atoms with Gasteiger partial charge < -0.3 is 14.8 Å². The van der Waals surface area contributed by atoms with Crippen LogP contribution < -0.4 is 5.32 Å². The van der Waals surface area contributed by atoms with Crippen LogP contribution >= 0.6 is 0 Å². The van der Waals surface area contributed by atoms with Crippen LogP contribution in [0.2, 0.25) is 0 Å². The summed E-state index contributed by atoms with van der Waals surface area (Å²) in [5.74, 6) is 0.655. The minimum atomic E-state index is 0.212. The summed E-state index contributed by atoms with van der Waals surface area (Å²) in [6, 6.07) is 0. The highest BCUT2D eigenvalue weighted by Gasteiger charge is 2.41. The Kier molecular flexibility index (Phi) is 3.42. The lowest BCUT2D eigenvalue weighted by Gasteiger charge is -2.42. The van der Waals surface area contributed by atoms with E-state index >= 15 is 0 Å². The molecular weight excluding hydrogens is 178 g/mol. The van der Waals surface area contributed by atoms with E-state index in [0.717, 1.165) is 26.4 Å². The quantitative estimate of drug-likeness (QED) is 0.740. The van der Waals surface area contributed by atoms with Crippen LogP contribution in [0.3, 0.4) is 0 Å². The van der Waals surface area contributed by atoms with Gasteiger partial charge in [0, 0.05) is 25.2 Å². The van der Waals surface area contributed by atoms with Gasteiger partial charge >= 0.3 is 0 Å². The molecule has 3 heteroatoms. The molecule has 2 saturated heterocycles. The Labute approximate surface area is 86.2 Å². The van der Waals surface area contributed by atoms with Crippen molar-refractivity contribution in [1.82, 2.24) is 5.32 Å². The molecule has 2 aliphatic rings. The van der Waals surface area contributed by atoms with Crippen LogP contribution in [0.15, 0.2) is 0 Å². The van der Waals surface area contributed by atoms with Crippen molar-refractivity contribution < 1.29 is 9.47 Å². The van der Waals surface area contributed by atoms with E-state index in [2.05, 4.69) is 5.32 Å². The highest BCUT2D eigenvalue weighted by Crippen LogP contribution is 2.33. The normalized spacial score (nSPS) is 38.8. The lowest BCUT2D eigenvalue weighted by molar-refractivity contribution is 0.0416. The lowest BCUT2D eigenvalue weighted by Crippen LogP contribution is -2.57. The number of methoxy groups -OCH3 is 1. The van der Waals surface area contributed by atoms with Crippen LogP contribution in [-0.2, 0) is 9.47 Å². The zero-order chi connectivity index (χ0) is 9.86. The Morgan fingerprint density at radius 1 is 1.50 bits per heavy atom. The highest BCUT2D eigenvalue weighted by atomic mass is 16.5. The minimum Gasteiger partial charge on any atom is -0.383 e. The van der Waals surface area contributed by atoms with Gasteiger partial charge in [-0.3, -0.25) is 0 Å². The molecule has 2 heterocycles. The second-order valence-electron chi connectivity index (χ2n) is 4.53. The van der Waals surface area contributed by atoms with Crippen molar-refractivity contribution in [2.24, 2.45) is 5.92 Å². The van der Waals surface area contributed by atoms with Crippen molar-refractivity contribution in [3.8, 4) is 0 Å². The maximum absolute atomic E-state index is 5.49. The first-order valence-electron chi connectivity index (χ1n) is 5.69. The number of hydrogen-bond donors (Lipinski definition) is 1. The van der Waals surface area contributed by atoms with Crippen molar-refractivity contribution in [3.63, 3.8) is 0 Å². The molecule has 2 rings (SSSR count). The van der Waals surface area contributed by atoms with Gasteiger partial charge in [0.25, 0.3) is 0 Å². The van der Waals surface area contributed by atoms with E-state index < -0.39 is 0 Å². The topological polar surface area (TPSA) is 30.5 Å². The summed E-state index contributed by atoms with van der Waals surface area (Å²) in [6.45, 7) is 3.81. The maximum Gasteiger partial charge on any atom is 0.0648 e. The number of piperidine rings is 1.